The fraction of sp³-hybridized carbons (Fsp3) is 0.833. The van der Waals surface area contributed by atoms with Crippen LogP contribution in [0.1, 0.15) is 19.8 Å². The number of hydrogen-bond acceptors (Lipinski definition) is 3. The molecule has 3 heteroatoms. The molecule has 0 aromatic heterocycles. The van der Waals surface area contributed by atoms with Crippen molar-refractivity contribution in [3.8, 4) is 0 Å². The Bertz CT molecular complexity index is 173. The fourth-order valence-electron chi connectivity index (χ4n) is 1.83. The third-order valence-electron chi connectivity index (χ3n) is 2.80. The lowest BCUT2D eigenvalue weighted by atomic mass is 10.2. The van der Waals surface area contributed by atoms with Gasteiger partial charge in [-0.25, -0.2) is 0 Å². The van der Waals surface area contributed by atoms with Gasteiger partial charge in [0.05, 0.1) is 12.7 Å². The van der Waals surface area contributed by atoms with E-state index in [0.29, 0.717) is 6.10 Å². The molecular formula is C12H24N2O. The highest BCUT2D eigenvalue weighted by molar-refractivity contribution is 4.73. The quantitative estimate of drug-likeness (QED) is 0.508. The molecule has 0 aromatic rings. The lowest BCUT2D eigenvalue weighted by molar-refractivity contribution is -0.0251. The molecule has 0 bridgehead atoms. The van der Waals surface area contributed by atoms with E-state index in [1.807, 2.05) is 6.08 Å². The molecule has 0 amide bonds. The summed E-state index contributed by atoms with van der Waals surface area (Å²) >= 11 is 0. The Labute approximate surface area is 93.5 Å². The van der Waals surface area contributed by atoms with Crippen LogP contribution in [0, 0.1) is 0 Å². The molecule has 1 unspecified atom stereocenters. The maximum absolute atomic E-state index is 5.69. The second kappa shape index (κ2) is 7.85. The number of hydrogen-bond donors (Lipinski definition) is 1. The standard InChI is InChI=1S/C12H24N2O/c1-3-5-6-7-13-10-12-11-14(4-2)8-9-15-12/h3,12-13H,1,4-11H2,2H3. The Morgan fingerprint density at radius 2 is 2.47 bits per heavy atom. The van der Waals surface area contributed by atoms with Crippen LogP contribution >= 0.6 is 0 Å². The summed E-state index contributed by atoms with van der Waals surface area (Å²) in [4.78, 5) is 2.44. The Hall–Kier alpha value is -0.380. The molecule has 0 radical (unpaired) electrons. The fourth-order valence-corrected chi connectivity index (χ4v) is 1.83. The monoisotopic (exact) mass is 212 g/mol. The molecule has 1 saturated heterocycles. The summed E-state index contributed by atoms with van der Waals surface area (Å²) in [7, 11) is 0. The summed E-state index contributed by atoms with van der Waals surface area (Å²) in [5.41, 5.74) is 0. The van der Waals surface area contributed by atoms with Gasteiger partial charge < -0.3 is 10.1 Å². The van der Waals surface area contributed by atoms with E-state index in [4.69, 9.17) is 4.74 Å². The second-order valence-electron chi connectivity index (χ2n) is 4.02. The predicted molar refractivity (Wildman–Crippen MR) is 64.2 cm³/mol. The summed E-state index contributed by atoms with van der Waals surface area (Å²) in [5, 5.41) is 3.44. The van der Waals surface area contributed by atoms with Crippen molar-refractivity contribution in [2.75, 3.05) is 39.3 Å². The van der Waals surface area contributed by atoms with E-state index < -0.39 is 0 Å². The third-order valence-corrected chi connectivity index (χ3v) is 2.80. The summed E-state index contributed by atoms with van der Waals surface area (Å²) < 4.78 is 5.69. The van der Waals surface area contributed by atoms with E-state index in [-0.39, 0.29) is 0 Å². The van der Waals surface area contributed by atoms with E-state index in [1.165, 1.54) is 6.42 Å². The van der Waals surface area contributed by atoms with Gasteiger partial charge >= 0.3 is 0 Å². The zero-order chi connectivity index (χ0) is 10.9. The molecular weight excluding hydrogens is 188 g/mol. The van der Waals surface area contributed by atoms with Crippen molar-refractivity contribution >= 4 is 0 Å². The van der Waals surface area contributed by atoms with Crippen molar-refractivity contribution < 1.29 is 4.74 Å². The largest absolute Gasteiger partial charge is 0.374 e. The van der Waals surface area contributed by atoms with E-state index in [1.54, 1.807) is 0 Å². The smallest absolute Gasteiger partial charge is 0.0826 e. The highest BCUT2D eigenvalue weighted by atomic mass is 16.5. The van der Waals surface area contributed by atoms with Crippen LogP contribution in [0.4, 0.5) is 0 Å². The number of rotatable bonds is 7. The average molecular weight is 212 g/mol. The number of unbranched alkanes of at least 4 members (excludes halogenated alkanes) is 1. The minimum Gasteiger partial charge on any atom is -0.374 e. The normalized spacial score (nSPS) is 22.9. The lowest BCUT2D eigenvalue weighted by Crippen LogP contribution is -2.46. The summed E-state index contributed by atoms with van der Waals surface area (Å²) in [6, 6.07) is 0. The van der Waals surface area contributed by atoms with Crippen LogP contribution in [-0.4, -0.2) is 50.3 Å². The number of morpholine rings is 1. The van der Waals surface area contributed by atoms with Crippen LogP contribution in [0.5, 0.6) is 0 Å². The highest BCUT2D eigenvalue weighted by Crippen LogP contribution is 2.03. The van der Waals surface area contributed by atoms with Crippen LogP contribution in [0.2, 0.25) is 0 Å². The highest BCUT2D eigenvalue weighted by Gasteiger charge is 2.18. The zero-order valence-electron chi connectivity index (χ0n) is 9.87. The Kier molecular flexibility index (Phi) is 6.64. The summed E-state index contributed by atoms with van der Waals surface area (Å²) in [6.07, 6.45) is 4.62. The van der Waals surface area contributed by atoms with E-state index in [0.717, 1.165) is 45.8 Å². The molecule has 1 rings (SSSR count). The maximum atomic E-state index is 5.69. The third kappa shape index (κ3) is 5.30. The zero-order valence-corrected chi connectivity index (χ0v) is 9.87. The molecule has 1 fully saturated rings. The second-order valence-corrected chi connectivity index (χ2v) is 4.02. The first-order valence-corrected chi connectivity index (χ1v) is 6.02. The number of nitrogens with zero attached hydrogens (tertiary/aromatic N) is 1. The van der Waals surface area contributed by atoms with Gasteiger partial charge in [0.1, 0.15) is 0 Å². The van der Waals surface area contributed by atoms with Gasteiger partial charge in [-0.1, -0.05) is 13.0 Å². The molecule has 1 aliphatic rings. The number of likely N-dealkylation sites (N-methyl/N-ethyl adjacent to an activating group) is 1. The number of ether oxygens (including phenoxy) is 1. The Balaban J connectivity index is 2.02. The molecule has 0 aliphatic carbocycles. The Morgan fingerprint density at radius 1 is 1.60 bits per heavy atom. The molecule has 0 saturated carbocycles. The molecule has 1 atom stereocenters. The van der Waals surface area contributed by atoms with Gasteiger partial charge in [-0.15, -0.1) is 6.58 Å². The van der Waals surface area contributed by atoms with Crippen molar-refractivity contribution in [2.24, 2.45) is 0 Å². The van der Waals surface area contributed by atoms with Crippen molar-refractivity contribution in [1.82, 2.24) is 10.2 Å². The molecule has 0 spiro atoms. The molecule has 1 heterocycles. The molecule has 1 aliphatic heterocycles. The number of nitrogens with one attached hydrogen (secondary N) is 1. The average Bonchev–Trinajstić information content (AvgIpc) is 2.29. The van der Waals surface area contributed by atoms with E-state index >= 15 is 0 Å². The molecule has 88 valence electrons. The van der Waals surface area contributed by atoms with Gasteiger partial charge in [-0.3, -0.25) is 4.90 Å². The van der Waals surface area contributed by atoms with Gasteiger partial charge in [-0.2, -0.15) is 0 Å². The number of allylic oxidation sites excluding steroid dienone is 1. The summed E-state index contributed by atoms with van der Waals surface area (Å²) in [6.45, 7) is 12.1. The van der Waals surface area contributed by atoms with Crippen molar-refractivity contribution in [1.29, 1.82) is 0 Å². The van der Waals surface area contributed by atoms with Crippen LogP contribution in [0.3, 0.4) is 0 Å². The van der Waals surface area contributed by atoms with Crippen LogP contribution in [0.25, 0.3) is 0 Å². The first-order chi connectivity index (χ1) is 7.36. The van der Waals surface area contributed by atoms with Gasteiger partial charge in [0, 0.05) is 19.6 Å². The van der Waals surface area contributed by atoms with Crippen molar-refractivity contribution in [3.05, 3.63) is 12.7 Å². The molecule has 1 N–H and O–H groups in total. The van der Waals surface area contributed by atoms with Crippen LogP contribution in [-0.2, 0) is 4.74 Å². The predicted octanol–water partition coefficient (Wildman–Crippen LogP) is 1.26. The van der Waals surface area contributed by atoms with E-state index in [2.05, 4.69) is 23.7 Å². The van der Waals surface area contributed by atoms with Gasteiger partial charge in [0.2, 0.25) is 0 Å². The van der Waals surface area contributed by atoms with Crippen molar-refractivity contribution in [2.45, 2.75) is 25.9 Å². The van der Waals surface area contributed by atoms with Crippen LogP contribution in [0.15, 0.2) is 12.7 Å². The molecule has 15 heavy (non-hydrogen) atoms. The van der Waals surface area contributed by atoms with Gasteiger partial charge in [-0.05, 0) is 25.9 Å². The van der Waals surface area contributed by atoms with Gasteiger partial charge in [0.15, 0.2) is 0 Å². The lowest BCUT2D eigenvalue weighted by Gasteiger charge is -2.32. The van der Waals surface area contributed by atoms with Crippen LogP contribution < -0.4 is 5.32 Å². The molecule has 3 nitrogen and oxygen atoms in total. The maximum Gasteiger partial charge on any atom is 0.0826 e. The Morgan fingerprint density at radius 3 is 3.20 bits per heavy atom. The SMILES string of the molecule is C=CCCCNCC1CN(CC)CCO1. The minimum absolute atomic E-state index is 0.377. The van der Waals surface area contributed by atoms with E-state index in [9.17, 15) is 0 Å². The van der Waals surface area contributed by atoms with Gasteiger partial charge in [0.25, 0.3) is 0 Å². The van der Waals surface area contributed by atoms with Crippen molar-refractivity contribution in [3.63, 3.8) is 0 Å². The molecule has 0 aromatic carbocycles. The minimum atomic E-state index is 0.377. The topological polar surface area (TPSA) is 24.5 Å². The first kappa shape index (κ1) is 12.7. The first-order valence-electron chi connectivity index (χ1n) is 6.02. The summed E-state index contributed by atoms with van der Waals surface area (Å²) in [5.74, 6) is 0.